The minimum Gasteiger partial charge on any atom is -0.389 e. The maximum absolute atomic E-state index is 9.84. The molecule has 0 spiro atoms. The Morgan fingerprint density at radius 2 is 2.33 bits per heavy atom. The first kappa shape index (κ1) is 12.2. The lowest BCUT2D eigenvalue weighted by atomic mass is 10.0. The highest BCUT2D eigenvalue weighted by atomic mass is 16.3. The van der Waals surface area contributed by atoms with E-state index in [2.05, 4.69) is 17.3 Å². The van der Waals surface area contributed by atoms with Gasteiger partial charge in [-0.2, -0.15) is 5.10 Å². The van der Waals surface area contributed by atoms with E-state index < -0.39 is 5.60 Å². The van der Waals surface area contributed by atoms with Gasteiger partial charge in [-0.3, -0.25) is 4.68 Å². The molecular formula is C11H21N3O. The molecule has 15 heavy (non-hydrogen) atoms. The highest BCUT2D eigenvalue weighted by Crippen LogP contribution is 2.13. The van der Waals surface area contributed by atoms with Gasteiger partial charge in [0, 0.05) is 31.4 Å². The SMILES string of the molecule is CCC(C)(O)CNC(C)c1cnn(C)c1. The van der Waals surface area contributed by atoms with Crippen LogP contribution in [0.25, 0.3) is 0 Å². The summed E-state index contributed by atoms with van der Waals surface area (Å²) in [7, 11) is 1.90. The van der Waals surface area contributed by atoms with Gasteiger partial charge in [-0.15, -0.1) is 0 Å². The third-order valence-electron chi connectivity index (χ3n) is 2.78. The van der Waals surface area contributed by atoms with Gasteiger partial charge < -0.3 is 10.4 Å². The van der Waals surface area contributed by atoms with E-state index >= 15 is 0 Å². The Morgan fingerprint density at radius 1 is 1.67 bits per heavy atom. The van der Waals surface area contributed by atoms with Crippen molar-refractivity contribution in [3.8, 4) is 0 Å². The zero-order valence-electron chi connectivity index (χ0n) is 9.99. The van der Waals surface area contributed by atoms with Crippen LogP contribution in [0.1, 0.15) is 38.8 Å². The summed E-state index contributed by atoms with van der Waals surface area (Å²) in [6.07, 6.45) is 4.58. The lowest BCUT2D eigenvalue weighted by molar-refractivity contribution is 0.0533. The van der Waals surface area contributed by atoms with Crippen molar-refractivity contribution in [3.63, 3.8) is 0 Å². The number of aryl methyl sites for hydroxylation is 1. The summed E-state index contributed by atoms with van der Waals surface area (Å²) in [5, 5.41) is 17.3. The fraction of sp³-hybridized carbons (Fsp3) is 0.727. The van der Waals surface area contributed by atoms with Crippen molar-refractivity contribution >= 4 is 0 Å². The Morgan fingerprint density at radius 3 is 2.80 bits per heavy atom. The molecule has 2 unspecified atom stereocenters. The minimum absolute atomic E-state index is 0.219. The molecule has 1 aromatic rings. The van der Waals surface area contributed by atoms with Crippen LogP contribution in [-0.4, -0.2) is 27.0 Å². The molecule has 0 saturated heterocycles. The van der Waals surface area contributed by atoms with Crippen molar-refractivity contribution in [2.24, 2.45) is 7.05 Å². The van der Waals surface area contributed by atoms with Crippen LogP contribution < -0.4 is 5.32 Å². The molecule has 0 fully saturated rings. The summed E-state index contributed by atoms with van der Waals surface area (Å²) in [6.45, 7) is 6.49. The predicted octanol–water partition coefficient (Wildman–Crippen LogP) is 1.23. The number of hydrogen-bond donors (Lipinski definition) is 2. The van der Waals surface area contributed by atoms with E-state index in [9.17, 15) is 5.11 Å². The lowest BCUT2D eigenvalue weighted by Crippen LogP contribution is -2.38. The summed E-state index contributed by atoms with van der Waals surface area (Å²) in [5.41, 5.74) is 0.514. The summed E-state index contributed by atoms with van der Waals surface area (Å²) in [4.78, 5) is 0. The van der Waals surface area contributed by atoms with E-state index in [0.29, 0.717) is 6.54 Å². The third-order valence-corrected chi connectivity index (χ3v) is 2.78. The molecular weight excluding hydrogens is 190 g/mol. The Bertz CT molecular complexity index is 307. The fourth-order valence-electron chi connectivity index (χ4n) is 1.28. The molecule has 0 aliphatic rings. The average molecular weight is 211 g/mol. The smallest absolute Gasteiger partial charge is 0.0741 e. The number of hydrogen-bond acceptors (Lipinski definition) is 3. The van der Waals surface area contributed by atoms with Gasteiger partial charge in [0.1, 0.15) is 0 Å². The molecule has 1 rings (SSSR count). The highest BCUT2D eigenvalue weighted by Gasteiger charge is 2.18. The van der Waals surface area contributed by atoms with Gasteiger partial charge in [-0.05, 0) is 20.3 Å². The summed E-state index contributed by atoms with van der Waals surface area (Å²) >= 11 is 0. The van der Waals surface area contributed by atoms with Crippen LogP contribution in [0.5, 0.6) is 0 Å². The quantitative estimate of drug-likeness (QED) is 0.770. The number of aromatic nitrogens is 2. The molecule has 4 heteroatoms. The van der Waals surface area contributed by atoms with E-state index in [1.807, 2.05) is 33.3 Å². The number of nitrogens with zero attached hydrogens (tertiary/aromatic N) is 2. The molecule has 0 aromatic carbocycles. The number of aliphatic hydroxyl groups is 1. The van der Waals surface area contributed by atoms with Gasteiger partial charge in [0.15, 0.2) is 0 Å². The standard InChI is InChI=1S/C11H21N3O/c1-5-11(3,15)8-12-9(2)10-6-13-14(4)7-10/h6-7,9,12,15H,5,8H2,1-4H3. The lowest BCUT2D eigenvalue weighted by Gasteiger charge is -2.24. The highest BCUT2D eigenvalue weighted by molar-refractivity contribution is 5.09. The van der Waals surface area contributed by atoms with Crippen molar-refractivity contribution in [1.82, 2.24) is 15.1 Å². The van der Waals surface area contributed by atoms with Crippen molar-refractivity contribution < 1.29 is 5.11 Å². The molecule has 86 valence electrons. The molecule has 4 nitrogen and oxygen atoms in total. The van der Waals surface area contributed by atoms with E-state index in [4.69, 9.17) is 0 Å². The fourth-order valence-corrected chi connectivity index (χ4v) is 1.28. The van der Waals surface area contributed by atoms with Gasteiger partial charge in [0.2, 0.25) is 0 Å². The monoisotopic (exact) mass is 211 g/mol. The van der Waals surface area contributed by atoms with Gasteiger partial charge >= 0.3 is 0 Å². The van der Waals surface area contributed by atoms with Crippen molar-refractivity contribution in [2.75, 3.05) is 6.54 Å². The van der Waals surface area contributed by atoms with Crippen molar-refractivity contribution in [2.45, 2.75) is 38.8 Å². The van der Waals surface area contributed by atoms with Crippen molar-refractivity contribution in [3.05, 3.63) is 18.0 Å². The zero-order chi connectivity index (χ0) is 11.5. The Hall–Kier alpha value is -0.870. The van der Waals surface area contributed by atoms with E-state index in [1.54, 1.807) is 4.68 Å². The molecule has 2 N–H and O–H groups in total. The largest absolute Gasteiger partial charge is 0.389 e. The van der Waals surface area contributed by atoms with E-state index in [1.165, 1.54) is 0 Å². The van der Waals surface area contributed by atoms with Gasteiger partial charge in [0.25, 0.3) is 0 Å². The van der Waals surface area contributed by atoms with Crippen LogP contribution >= 0.6 is 0 Å². The molecule has 0 bridgehead atoms. The third kappa shape index (κ3) is 3.64. The van der Waals surface area contributed by atoms with E-state index in [0.717, 1.165) is 12.0 Å². The predicted molar refractivity (Wildman–Crippen MR) is 60.5 cm³/mol. The van der Waals surface area contributed by atoms with Gasteiger partial charge in [-0.25, -0.2) is 0 Å². The van der Waals surface area contributed by atoms with Crippen molar-refractivity contribution in [1.29, 1.82) is 0 Å². The van der Waals surface area contributed by atoms with Gasteiger partial charge in [0.05, 0.1) is 11.8 Å². The maximum atomic E-state index is 9.84. The van der Waals surface area contributed by atoms with Crippen LogP contribution in [0.2, 0.25) is 0 Å². The summed E-state index contributed by atoms with van der Waals surface area (Å²) in [6, 6.07) is 0.219. The second kappa shape index (κ2) is 4.77. The first-order chi connectivity index (χ1) is 6.94. The van der Waals surface area contributed by atoms with Crippen LogP contribution in [0.3, 0.4) is 0 Å². The summed E-state index contributed by atoms with van der Waals surface area (Å²) < 4.78 is 1.78. The molecule has 1 aromatic heterocycles. The molecule has 0 aliphatic carbocycles. The average Bonchev–Trinajstić information content (AvgIpc) is 2.61. The topological polar surface area (TPSA) is 50.1 Å². The molecule has 0 radical (unpaired) electrons. The van der Waals surface area contributed by atoms with E-state index in [-0.39, 0.29) is 6.04 Å². The van der Waals surface area contributed by atoms with Crippen LogP contribution in [0, 0.1) is 0 Å². The van der Waals surface area contributed by atoms with Crippen LogP contribution in [-0.2, 0) is 7.05 Å². The first-order valence-electron chi connectivity index (χ1n) is 5.39. The zero-order valence-corrected chi connectivity index (χ0v) is 9.99. The molecule has 2 atom stereocenters. The maximum Gasteiger partial charge on any atom is 0.0741 e. The summed E-state index contributed by atoms with van der Waals surface area (Å²) in [5.74, 6) is 0. The van der Waals surface area contributed by atoms with Crippen LogP contribution in [0.4, 0.5) is 0 Å². The first-order valence-corrected chi connectivity index (χ1v) is 5.39. The minimum atomic E-state index is -0.629. The molecule has 0 saturated carbocycles. The second-order valence-electron chi connectivity index (χ2n) is 4.40. The number of nitrogens with one attached hydrogen (secondary N) is 1. The van der Waals surface area contributed by atoms with Gasteiger partial charge in [-0.1, -0.05) is 6.92 Å². The normalized spacial score (nSPS) is 17.4. The Kier molecular flexibility index (Phi) is 3.88. The molecule has 0 amide bonds. The second-order valence-corrected chi connectivity index (χ2v) is 4.40. The van der Waals surface area contributed by atoms with Crippen LogP contribution in [0.15, 0.2) is 12.4 Å². The molecule has 1 heterocycles. The Labute approximate surface area is 91.3 Å². The molecule has 0 aliphatic heterocycles. The Balaban J connectivity index is 2.46. The number of rotatable bonds is 5.